The van der Waals surface area contributed by atoms with Gasteiger partial charge in [-0.05, 0) is 60.9 Å². The molecule has 0 unspecified atom stereocenters. The lowest BCUT2D eigenvalue weighted by atomic mass is 10.0. The van der Waals surface area contributed by atoms with E-state index in [1.54, 1.807) is 24.3 Å². The lowest BCUT2D eigenvalue weighted by Gasteiger charge is -2.34. The Balaban J connectivity index is 2.05. The smallest absolute Gasteiger partial charge is 0.244 e. The highest BCUT2D eigenvalue weighted by Crippen LogP contribution is 2.21. The molecule has 2 amide bonds. The first-order valence-electron chi connectivity index (χ1n) is 12.6. The molecule has 3 aromatic rings. The number of benzene rings is 3. The van der Waals surface area contributed by atoms with Crippen molar-refractivity contribution < 1.29 is 22.4 Å². The molecule has 208 valence electrons. The topological polar surface area (TPSA) is 86.8 Å². The summed E-state index contributed by atoms with van der Waals surface area (Å²) in [6, 6.07) is 20.0. The van der Waals surface area contributed by atoms with E-state index in [2.05, 4.69) is 5.32 Å². The van der Waals surface area contributed by atoms with E-state index in [9.17, 15) is 22.4 Å². The van der Waals surface area contributed by atoms with Gasteiger partial charge in [-0.2, -0.15) is 0 Å². The number of halogens is 2. The fourth-order valence-corrected chi connectivity index (χ4v) is 5.11. The maximum Gasteiger partial charge on any atom is 0.244 e. The summed E-state index contributed by atoms with van der Waals surface area (Å²) in [6.07, 6.45) is 1.88. The fraction of sp³-hybridized carbons (Fsp3) is 0.310. The van der Waals surface area contributed by atoms with Gasteiger partial charge in [-0.3, -0.25) is 13.9 Å². The molecule has 0 aliphatic carbocycles. The maximum atomic E-state index is 14.0. The van der Waals surface area contributed by atoms with Gasteiger partial charge in [0.1, 0.15) is 18.4 Å². The van der Waals surface area contributed by atoms with Gasteiger partial charge in [0.25, 0.3) is 0 Å². The van der Waals surface area contributed by atoms with Crippen molar-refractivity contribution in [3.63, 3.8) is 0 Å². The molecule has 0 saturated heterocycles. The third-order valence-corrected chi connectivity index (χ3v) is 7.68. The Morgan fingerprint density at radius 1 is 0.974 bits per heavy atom. The molecule has 0 heterocycles. The van der Waals surface area contributed by atoms with Crippen molar-refractivity contribution in [2.24, 2.45) is 0 Å². The van der Waals surface area contributed by atoms with Crippen molar-refractivity contribution in [2.75, 3.05) is 17.1 Å². The van der Waals surface area contributed by atoms with Crippen molar-refractivity contribution in [2.45, 2.75) is 45.3 Å². The lowest BCUT2D eigenvalue weighted by Crippen LogP contribution is -2.54. The second-order valence-corrected chi connectivity index (χ2v) is 11.8. The summed E-state index contributed by atoms with van der Waals surface area (Å²) < 4.78 is 39.9. The van der Waals surface area contributed by atoms with Gasteiger partial charge in [0.05, 0.1) is 11.9 Å². The van der Waals surface area contributed by atoms with E-state index in [1.807, 2.05) is 44.2 Å². The van der Waals surface area contributed by atoms with Gasteiger partial charge in [0, 0.05) is 24.0 Å². The van der Waals surface area contributed by atoms with Crippen molar-refractivity contribution in [3.05, 3.63) is 101 Å². The minimum atomic E-state index is -3.93. The Bertz CT molecular complexity index is 1370. The molecule has 0 aromatic heterocycles. The van der Waals surface area contributed by atoms with Crippen LogP contribution in [0.4, 0.5) is 10.1 Å². The highest BCUT2D eigenvalue weighted by Gasteiger charge is 2.33. The fourth-order valence-electron chi connectivity index (χ4n) is 4.05. The van der Waals surface area contributed by atoms with E-state index in [0.29, 0.717) is 17.0 Å². The predicted molar refractivity (Wildman–Crippen MR) is 152 cm³/mol. The number of carbonyl (C=O) groups is 2. The van der Waals surface area contributed by atoms with Crippen LogP contribution in [0.1, 0.15) is 31.4 Å². The number of hydrogen-bond donors (Lipinski definition) is 1. The molecule has 39 heavy (non-hydrogen) atoms. The maximum absolute atomic E-state index is 14.0. The Morgan fingerprint density at radius 2 is 1.62 bits per heavy atom. The van der Waals surface area contributed by atoms with E-state index in [-0.39, 0.29) is 30.6 Å². The number of sulfonamides is 1. The minimum absolute atomic E-state index is 0.0197. The van der Waals surface area contributed by atoms with Crippen LogP contribution in [0.25, 0.3) is 0 Å². The molecular weight excluding hydrogens is 541 g/mol. The van der Waals surface area contributed by atoms with Gasteiger partial charge in [0.15, 0.2) is 0 Å². The standard InChI is InChI=1S/C29H33ClFN3O4S/c1-4-21(2)32-29(36)27(18-22-9-6-5-7-10-22)33(19-23-11-8-12-24(30)17-23)28(35)20-34(39(3,37)38)26-15-13-25(31)14-16-26/h5-17,21,27H,4,18-20H2,1-3H3,(H,32,36)/t21-,27-/m1/s1. The van der Waals surface area contributed by atoms with E-state index in [0.717, 1.165) is 28.3 Å². The Hall–Kier alpha value is -3.43. The minimum Gasteiger partial charge on any atom is -0.352 e. The van der Waals surface area contributed by atoms with Crippen LogP contribution in [0, 0.1) is 5.82 Å². The van der Waals surface area contributed by atoms with Crippen LogP contribution >= 0.6 is 11.6 Å². The number of nitrogens with zero attached hydrogens (tertiary/aromatic N) is 2. The summed E-state index contributed by atoms with van der Waals surface area (Å²) in [6.45, 7) is 3.26. The van der Waals surface area contributed by atoms with Crippen LogP contribution in [0.5, 0.6) is 0 Å². The zero-order valence-corrected chi connectivity index (χ0v) is 23.8. The van der Waals surface area contributed by atoms with E-state index in [1.165, 1.54) is 17.0 Å². The largest absolute Gasteiger partial charge is 0.352 e. The monoisotopic (exact) mass is 573 g/mol. The van der Waals surface area contributed by atoms with Crippen molar-refractivity contribution >= 4 is 39.1 Å². The van der Waals surface area contributed by atoms with E-state index >= 15 is 0 Å². The SMILES string of the molecule is CC[C@@H](C)NC(=O)[C@@H](Cc1ccccc1)N(Cc1cccc(Cl)c1)C(=O)CN(c1ccc(F)cc1)S(C)(=O)=O. The summed E-state index contributed by atoms with van der Waals surface area (Å²) in [5.41, 5.74) is 1.65. The first kappa shape index (κ1) is 30.1. The van der Waals surface area contributed by atoms with Crippen LogP contribution in [-0.4, -0.2) is 50.0 Å². The third kappa shape index (κ3) is 8.80. The third-order valence-electron chi connectivity index (χ3n) is 6.31. The molecule has 10 heteroatoms. The molecule has 0 fully saturated rings. The quantitative estimate of drug-likeness (QED) is 0.337. The first-order chi connectivity index (χ1) is 18.5. The highest BCUT2D eigenvalue weighted by molar-refractivity contribution is 7.92. The summed E-state index contributed by atoms with van der Waals surface area (Å²) in [4.78, 5) is 28.9. The van der Waals surface area contributed by atoms with Gasteiger partial charge >= 0.3 is 0 Å². The van der Waals surface area contributed by atoms with E-state index < -0.39 is 34.3 Å². The second-order valence-electron chi connectivity index (χ2n) is 9.42. The highest BCUT2D eigenvalue weighted by atomic mass is 35.5. The normalized spacial score (nSPS) is 12.8. The molecule has 3 aromatic carbocycles. The van der Waals surface area contributed by atoms with Gasteiger partial charge in [-0.25, -0.2) is 12.8 Å². The number of anilines is 1. The Labute approximate surface area is 234 Å². The predicted octanol–water partition coefficient (Wildman–Crippen LogP) is 4.80. The van der Waals surface area contributed by atoms with E-state index in [4.69, 9.17) is 11.6 Å². The molecule has 0 saturated carbocycles. The van der Waals surface area contributed by atoms with Crippen LogP contribution in [0.2, 0.25) is 5.02 Å². The average Bonchev–Trinajstić information content (AvgIpc) is 2.89. The summed E-state index contributed by atoms with van der Waals surface area (Å²) in [5, 5.41) is 3.44. The van der Waals surface area contributed by atoms with Gasteiger partial charge in [-0.1, -0.05) is 61.0 Å². The molecule has 0 bridgehead atoms. The number of nitrogens with one attached hydrogen (secondary N) is 1. The molecular formula is C29H33ClFN3O4S. The molecule has 7 nitrogen and oxygen atoms in total. The second kappa shape index (κ2) is 13.6. The molecule has 0 aliphatic rings. The Kier molecular flexibility index (Phi) is 10.5. The van der Waals surface area contributed by atoms with Crippen molar-refractivity contribution in [1.82, 2.24) is 10.2 Å². The molecule has 0 radical (unpaired) electrons. The average molecular weight is 574 g/mol. The zero-order chi connectivity index (χ0) is 28.6. The summed E-state index contributed by atoms with van der Waals surface area (Å²) >= 11 is 6.20. The van der Waals surface area contributed by atoms with Crippen molar-refractivity contribution in [3.8, 4) is 0 Å². The van der Waals surface area contributed by atoms with Crippen molar-refractivity contribution in [1.29, 1.82) is 0 Å². The van der Waals surface area contributed by atoms with Crippen LogP contribution in [0.15, 0.2) is 78.9 Å². The summed E-state index contributed by atoms with van der Waals surface area (Å²) in [5.74, 6) is -1.48. The molecule has 3 rings (SSSR count). The number of rotatable bonds is 12. The molecule has 1 N–H and O–H groups in total. The van der Waals surface area contributed by atoms with Gasteiger partial charge < -0.3 is 10.2 Å². The van der Waals surface area contributed by atoms with Gasteiger partial charge in [0.2, 0.25) is 21.8 Å². The molecule has 2 atom stereocenters. The van der Waals surface area contributed by atoms with Crippen LogP contribution < -0.4 is 9.62 Å². The van der Waals surface area contributed by atoms with Gasteiger partial charge in [-0.15, -0.1) is 0 Å². The number of carbonyl (C=O) groups excluding carboxylic acids is 2. The Morgan fingerprint density at radius 3 is 2.21 bits per heavy atom. The lowest BCUT2D eigenvalue weighted by molar-refractivity contribution is -0.140. The molecule has 0 aliphatic heterocycles. The number of amides is 2. The first-order valence-corrected chi connectivity index (χ1v) is 14.8. The number of hydrogen-bond acceptors (Lipinski definition) is 4. The summed E-state index contributed by atoms with van der Waals surface area (Å²) in [7, 11) is -3.93. The van der Waals surface area contributed by atoms with Crippen LogP contribution in [0.3, 0.4) is 0 Å². The zero-order valence-electron chi connectivity index (χ0n) is 22.2. The van der Waals surface area contributed by atoms with Crippen LogP contribution in [-0.2, 0) is 32.6 Å². The molecule has 0 spiro atoms.